The quantitative estimate of drug-likeness (QED) is 0.426. The first-order chi connectivity index (χ1) is 19.7. The normalized spacial score (nSPS) is 16.5. The van der Waals surface area contributed by atoms with Crippen LogP contribution in [0.5, 0.6) is 11.5 Å². The molecule has 0 aromatic heterocycles. The van der Waals surface area contributed by atoms with Crippen LogP contribution in [-0.2, 0) is 39.2 Å². The summed E-state index contributed by atoms with van der Waals surface area (Å²) in [5.74, 6) is -1.55. The van der Waals surface area contributed by atoms with E-state index in [0.717, 1.165) is 68.2 Å². The minimum Gasteiger partial charge on any atom is -0.550 e. The fraction of sp³-hybridized carbons (Fsp3) is 0.543. The summed E-state index contributed by atoms with van der Waals surface area (Å²) in [6.07, 6.45) is 8.60. The molecule has 1 fully saturated rings. The largest absolute Gasteiger partial charge is 2.00 e. The first-order valence-corrected chi connectivity index (χ1v) is 14.7. The number of phenolic OH excluding ortho intramolecular Hbond substituents is 2. The predicted octanol–water partition coefficient (Wildman–Crippen LogP) is 4.86. The topological polar surface area (TPSA) is 145 Å². The Morgan fingerprint density at radius 3 is 1.32 bits per heavy atom. The predicted molar refractivity (Wildman–Crippen MR) is 170 cm³/mol. The summed E-state index contributed by atoms with van der Waals surface area (Å²) in [4.78, 5) is 27.5. The van der Waals surface area contributed by atoms with E-state index in [2.05, 4.69) is 65.8 Å². The van der Waals surface area contributed by atoms with Gasteiger partial charge in [-0.3, -0.25) is 9.98 Å². The van der Waals surface area contributed by atoms with Gasteiger partial charge in [-0.1, -0.05) is 53.7 Å². The fourth-order valence-electron chi connectivity index (χ4n) is 5.01. The van der Waals surface area contributed by atoms with Crippen LogP contribution in [0.2, 0.25) is 0 Å². The zero-order chi connectivity index (χ0) is 33.1. The SMILES string of the molecule is CC(=O)[O-].CC(=O)[O-].Cc1cc(CC(C)(C)C)cc(C=NC2CCCC2N=Cc2cc(CC(C)(C)C)cc(C)c2O)c1O.[Co+2]. The number of hydrogen-bond acceptors (Lipinski definition) is 8. The zero-order valence-corrected chi connectivity index (χ0v) is 29.0. The average Bonchev–Trinajstić information content (AvgIpc) is 3.26. The maximum Gasteiger partial charge on any atom is 2.00 e. The van der Waals surface area contributed by atoms with Crippen LogP contribution in [0.25, 0.3) is 0 Å². The molecule has 1 radical (unpaired) electrons. The number of aromatic hydroxyl groups is 2. The summed E-state index contributed by atoms with van der Waals surface area (Å²) in [6, 6.07) is 8.43. The van der Waals surface area contributed by atoms with Crippen molar-refractivity contribution in [2.24, 2.45) is 20.8 Å². The van der Waals surface area contributed by atoms with Crippen LogP contribution in [0.1, 0.15) is 108 Å². The Hall–Kier alpha value is -3.17. The number of aryl methyl sites for hydroxylation is 2. The van der Waals surface area contributed by atoms with Crippen molar-refractivity contribution in [3.63, 3.8) is 0 Å². The van der Waals surface area contributed by atoms with Crippen LogP contribution >= 0.6 is 0 Å². The van der Waals surface area contributed by atoms with Crippen LogP contribution in [0.4, 0.5) is 0 Å². The van der Waals surface area contributed by atoms with E-state index in [1.165, 1.54) is 11.1 Å². The van der Waals surface area contributed by atoms with Gasteiger partial charge in [-0.2, -0.15) is 0 Å². The van der Waals surface area contributed by atoms with Gasteiger partial charge in [0.05, 0.1) is 12.1 Å². The van der Waals surface area contributed by atoms with Gasteiger partial charge >= 0.3 is 16.8 Å². The minimum absolute atomic E-state index is 0. The van der Waals surface area contributed by atoms with Gasteiger partial charge in [0, 0.05) is 35.5 Å². The first kappa shape index (κ1) is 40.8. The molecule has 0 heterocycles. The van der Waals surface area contributed by atoms with Crippen LogP contribution < -0.4 is 10.2 Å². The molecule has 1 aliphatic carbocycles. The monoisotopic (exact) mass is 653 g/mol. The molecule has 2 N–H and O–H groups in total. The molecule has 44 heavy (non-hydrogen) atoms. The Morgan fingerprint density at radius 1 is 0.750 bits per heavy atom. The number of phenols is 2. The number of hydrogen-bond donors (Lipinski definition) is 2. The van der Waals surface area contributed by atoms with Crippen molar-refractivity contribution in [1.29, 1.82) is 0 Å². The second-order valence-electron chi connectivity index (χ2n) is 13.8. The molecular formula is C35H50CoN2O6. The summed E-state index contributed by atoms with van der Waals surface area (Å²) in [5.41, 5.74) is 6.12. The molecule has 2 aromatic rings. The third-order valence-corrected chi connectivity index (χ3v) is 6.50. The second kappa shape index (κ2) is 18.0. The number of rotatable bonds is 6. The number of carbonyl (C=O) groups excluding carboxylic acids is 2. The first-order valence-electron chi connectivity index (χ1n) is 14.7. The molecule has 0 bridgehead atoms. The third-order valence-electron chi connectivity index (χ3n) is 6.50. The molecular weight excluding hydrogens is 603 g/mol. The maximum absolute atomic E-state index is 10.6. The number of aliphatic imine (C=N–C) groups is 2. The molecule has 3 rings (SSSR count). The molecule has 0 amide bonds. The molecule has 0 saturated heterocycles. The van der Waals surface area contributed by atoms with Crippen molar-refractivity contribution < 1.29 is 46.8 Å². The van der Waals surface area contributed by atoms with E-state index in [4.69, 9.17) is 29.8 Å². The third kappa shape index (κ3) is 16.1. The van der Waals surface area contributed by atoms with Crippen LogP contribution in [0, 0.1) is 24.7 Å². The summed E-state index contributed by atoms with van der Waals surface area (Å²) in [7, 11) is 0. The van der Waals surface area contributed by atoms with Crippen molar-refractivity contribution >= 4 is 24.4 Å². The number of carbonyl (C=O) groups is 2. The van der Waals surface area contributed by atoms with Crippen molar-refractivity contribution in [3.05, 3.63) is 57.6 Å². The van der Waals surface area contributed by atoms with Gasteiger partial charge in [-0.05, 0) is 105 Å². The van der Waals surface area contributed by atoms with Crippen molar-refractivity contribution in [2.45, 2.75) is 113 Å². The smallest absolute Gasteiger partial charge is 0.550 e. The number of aliphatic carboxylic acids is 2. The minimum atomic E-state index is -1.08. The average molecular weight is 654 g/mol. The molecule has 0 aliphatic heterocycles. The molecule has 8 nitrogen and oxygen atoms in total. The number of nitrogens with zero attached hydrogens (tertiary/aromatic N) is 2. The number of carboxylic acid groups (broad SMARTS) is 2. The van der Waals surface area contributed by atoms with Gasteiger partial charge in [0.2, 0.25) is 0 Å². The van der Waals surface area contributed by atoms with E-state index in [-0.39, 0.29) is 39.7 Å². The van der Waals surface area contributed by atoms with E-state index in [9.17, 15) is 10.2 Å². The Morgan fingerprint density at radius 2 is 1.05 bits per heavy atom. The van der Waals surface area contributed by atoms with Crippen molar-refractivity contribution in [2.75, 3.05) is 0 Å². The molecule has 1 saturated carbocycles. The summed E-state index contributed by atoms with van der Waals surface area (Å²) in [6.45, 7) is 19.2. The maximum atomic E-state index is 10.6. The van der Waals surface area contributed by atoms with E-state index in [0.29, 0.717) is 11.5 Å². The fourth-order valence-corrected chi connectivity index (χ4v) is 5.01. The number of carboxylic acids is 2. The van der Waals surface area contributed by atoms with E-state index in [1.54, 1.807) is 0 Å². The number of benzene rings is 2. The molecule has 2 aromatic carbocycles. The van der Waals surface area contributed by atoms with Gasteiger partial charge in [0.25, 0.3) is 0 Å². The standard InChI is InChI=1S/C31H44N2O2.2C2H4O2.Co/c1-20-12-22(16-30(3,4)5)14-24(28(20)34)18-32-26-10-9-11-27(26)33-19-25-15-23(17-31(6,7)8)13-21(2)29(25)35;2*1-2(3)4;/h12-15,18-19,26-27,34-35H,9-11,16-17H2,1-8H3;2*1H3,(H,3,4);/q;;;+2/p-2. The van der Waals surface area contributed by atoms with Gasteiger partial charge in [-0.15, -0.1) is 0 Å². The van der Waals surface area contributed by atoms with E-state index >= 15 is 0 Å². The Balaban J connectivity index is 0.00000183. The molecule has 9 heteroatoms. The Bertz CT molecular complexity index is 1200. The summed E-state index contributed by atoms with van der Waals surface area (Å²) < 4.78 is 0. The van der Waals surface area contributed by atoms with Gasteiger partial charge < -0.3 is 30.0 Å². The summed E-state index contributed by atoms with van der Waals surface area (Å²) in [5, 5.41) is 39.0. The van der Waals surface area contributed by atoms with Crippen LogP contribution in [0.3, 0.4) is 0 Å². The van der Waals surface area contributed by atoms with Crippen LogP contribution in [0.15, 0.2) is 34.3 Å². The Kier molecular flexibility index (Phi) is 16.7. The molecule has 2 unspecified atom stereocenters. The van der Waals surface area contributed by atoms with Gasteiger partial charge in [-0.25, -0.2) is 0 Å². The summed E-state index contributed by atoms with van der Waals surface area (Å²) >= 11 is 0. The van der Waals surface area contributed by atoms with Gasteiger partial charge in [0.1, 0.15) is 11.5 Å². The van der Waals surface area contributed by atoms with Crippen molar-refractivity contribution in [3.8, 4) is 11.5 Å². The van der Waals surface area contributed by atoms with E-state index < -0.39 is 11.9 Å². The second-order valence-corrected chi connectivity index (χ2v) is 13.8. The molecule has 0 spiro atoms. The molecule has 2 atom stereocenters. The van der Waals surface area contributed by atoms with E-state index in [1.807, 2.05) is 26.3 Å². The van der Waals surface area contributed by atoms with Crippen molar-refractivity contribution in [1.82, 2.24) is 0 Å². The Labute approximate surface area is 273 Å². The van der Waals surface area contributed by atoms with Gasteiger partial charge in [0.15, 0.2) is 0 Å². The zero-order valence-electron chi connectivity index (χ0n) is 27.9. The molecule has 245 valence electrons. The molecule has 1 aliphatic rings. The van der Waals surface area contributed by atoms with Crippen LogP contribution in [-0.4, -0.2) is 46.7 Å².